The van der Waals surface area contributed by atoms with Gasteiger partial charge < -0.3 is 5.73 Å². The third-order valence-electron chi connectivity index (χ3n) is 3.31. The minimum Gasteiger partial charge on any atom is -0.326 e. The van der Waals surface area contributed by atoms with E-state index in [1.807, 2.05) is 0 Å². The Balaban J connectivity index is 2.27. The third kappa shape index (κ3) is 3.41. The summed E-state index contributed by atoms with van der Waals surface area (Å²) in [6.45, 7) is 0. The van der Waals surface area contributed by atoms with E-state index in [2.05, 4.69) is 4.72 Å². The molecule has 1 fully saturated rings. The topological polar surface area (TPSA) is 72.2 Å². The Morgan fingerprint density at radius 1 is 1.16 bits per heavy atom. The molecule has 1 aromatic rings. The average molecular weight is 323 g/mol. The lowest BCUT2D eigenvalue weighted by Gasteiger charge is -2.29. The van der Waals surface area contributed by atoms with Crippen LogP contribution in [0.25, 0.3) is 0 Å². The number of sulfonamides is 1. The van der Waals surface area contributed by atoms with E-state index in [0.29, 0.717) is 0 Å². The maximum atomic E-state index is 12.4. The maximum absolute atomic E-state index is 12.4. The van der Waals surface area contributed by atoms with E-state index in [0.717, 1.165) is 25.7 Å². The molecular weight excluding hydrogens is 307 g/mol. The van der Waals surface area contributed by atoms with Gasteiger partial charge >= 0.3 is 0 Å². The second-order valence-electron chi connectivity index (χ2n) is 4.73. The largest absolute Gasteiger partial charge is 0.326 e. The molecule has 1 aromatic carbocycles. The molecule has 2 atom stereocenters. The Labute approximate surface area is 123 Å². The van der Waals surface area contributed by atoms with Gasteiger partial charge in [-0.05, 0) is 25.0 Å². The van der Waals surface area contributed by atoms with Gasteiger partial charge in [0, 0.05) is 12.1 Å². The molecule has 0 heterocycles. The molecule has 0 radical (unpaired) electrons. The number of nitrogens with two attached hydrogens (primary N) is 1. The van der Waals surface area contributed by atoms with Gasteiger partial charge in [-0.15, -0.1) is 0 Å². The molecule has 1 aliphatic carbocycles. The van der Waals surface area contributed by atoms with Gasteiger partial charge in [0.05, 0.1) is 10.0 Å². The molecule has 0 bridgehead atoms. The van der Waals surface area contributed by atoms with Gasteiger partial charge in [-0.3, -0.25) is 0 Å². The fourth-order valence-corrected chi connectivity index (χ4v) is 4.77. The first-order chi connectivity index (χ1) is 8.92. The van der Waals surface area contributed by atoms with Crippen molar-refractivity contribution in [2.24, 2.45) is 5.73 Å². The molecule has 4 nitrogen and oxygen atoms in total. The van der Waals surface area contributed by atoms with Crippen LogP contribution in [0.1, 0.15) is 25.7 Å². The van der Waals surface area contributed by atoms with Crippen LogP contribution in [-0.4, -0.2) is 20.5 Å². The predicted molar refractivity (Wildman–Crippen MR) is 77.0 cm³/mol. The van der Waals surface area contributed by atoms with E-state index in [1.54, 1.807) is 6.07 Å². The number of halogens is 2. The molecule has 0 amide bonds. The van der Waals surface area contributed by atoms with Crippen LogP contribution < -0.4 is 10.5 Å². The summed E-state index contributed by atoms with van der Waals surface area (Å²) >= 11 is 11.9. The quantitative estimate of drug-likeness (QED) is 0.898. The zero-order valence-corrected chi connectivity index (χ0v) is 12.6. The molecule has 1 aliphatic rings. The highest BCUT2D eigenvalue weighted by Crippen LogP contribution is 2.29. The number of hydrogen-bond acceptors (Lipinski definition) is 3. The number of nitrogens with one attached hydrogen (secondary N) is 1. The predicted octanol–water partition coefficient (Wildman–Crippen LogP) is 2.54. The second-order valence-corrected chi connectivity index (χ2v) is 7.19. The third-order valence-corrected chi connectivity index (χ3v) is 5.76. The van der Waals surface area contributed by atoms with Crippen molar-refractivity contribution in [1.29, 1.82) is 0 Å². The zero-order chi connectivity index (χ0) is 14.0. The monoisotopic (exact) mass is 322 g/mol. The first kappa shape index (κ1) is 15.1. The van der Waals surface area contributed by atoms with Crippen molar-refractivity contribution in [2.45, 2.75) is 42.7 Å². The van der Waals surface area contributed by atoms with Gasteiger partial charge in [-0.2, -0.15) is 0 Å². The second kappa shape index (κ2) is 5.97. The summed E-state index contributed by atoms with van der Waals surface area (Å²) in [5.74, 6) is 0. The highest BCUT2D eigenvalue weighted by Gasteiger charge is 2.29. The standard InChI is InChI=1S/C12H16Cl2N2O2S/c13-8-4-3-5-9(14)12(8)19(17,18)16-11-7-2-1-6-10(11)15/h3-5,10-11,16H,1-2,6-7,15H2/t10-,11-/m1/s1. The molecule has 19 heavy (non-hydrogen) atoms. The molecule has 7 heteroatoms. The SMILES string of the molecule is N[C@@H]1CCCC[C@H]1NS(=O)(=O)c1c(Cl)cccc1Cl. The lowest BCUT2D eigenvalue weighted by atomic mass is 9.92. The van der Waals surface area contributed by atoms with Crippen molar-refractivity contribution < 1.29 is 8.42 Å². The Morgan fingerprint density at radius 2 is 1.74 bits per heavy atom. The van der Waals surface area contributed by atoms with Crippen molar-refractivity contribution in [3.63, 3.8) is 0 Å². The van der Waals surface area contributed by atoms with Crippen LogP contribution in [0.15, 0.2) is 23.1 Å². The van der Waals surface area contributed by atoms with Gasteiger partial charge in [0.2, 0.25) is 10.0 Å². The van der Waals surface area contributed by atoms with E-state index in [1.165, 1.54) is 12.1 Å². The zero-order valence-electron chi connectivity index (χ0n) is 10.3. The fourth-order valence-electron chi connectivity index (χ4n) is 2.30. The van der Waals surface area contributed by atoms with Crippen molar-refractivity contribution in [1.82, 2.24) is 4.72 Å². The van der Waals surface area contributed by atoms with Crippen LogP contribution in [0, 0.1) is 0 Å². The number of hydrogen-bond donors (Lipinski definition) is 2. The van der Waals surface area contributed by atoms with Crippen LogP contribution in [-0.2, 0) is 10.0 Å². The van der Waals surface area contributed by atoms with Crippen LogP contribution in [0.3, 0.4) is 0 Å². The Hall–Kier alpha value is -0.330. The lowest BCUT2D eigenvalue weighted by molar-refractivity contribution is 0.361. The normalized spacial score (nSPS) is 24.4. The van der Waals surface area contributed by atoms with E-state index < -0.39 is 10.0 Å². The van der Waals surface area contributed by atoms with Crippen molar-refractivity contribution >= 4 is 33.2 Å². The van der Waals surface area contributed by atoms with Crippen molar-refractivity contribution in [2.75, 3.05) is 0 Å². The first-order valence-electron chi connectivity index (χ1n) is 6.14. The minimum absolute atomic E-state index is 0.0730. The van der Waals surface area contributed by atoms with Crippen LogP contribution >= 0.6 is 23.2 Å². The molecule has 0 aliphatic heterocycles. The molecule has 0 unspecified atom stereocenters. The van der Waals surface area contributed by atoms with Crippen molar-refractivity contribution in [3.05, 3.63) is 28.2 Å². The molecular formula is C12H16Cl2N2O2S. The summed E-state index contributed by atoms with van der Waals surface area (Å²) in [5.41, 5.74) is 5.95. The van der Waals surface area contributed by atoms with Gasteiger partial charge in [-0.25, -0.2) is 13.1 Å². The van der Waals surface area contributed by atoms with Gasteiger partial charge in [0.25, 0.3) is 0 Å². The molecule has 3 N–H and O–H groups in total. The summed E-state index contributed by atoms with van der Waals surface area (Å²) in [6, 6.07) is 4.19. The van der Waals surface area contributed by atoms with Gasteiger partial charge in [0.1, 0.15) is 4.90 Å². The van der Waals surface area contributed by atoms with Crippen LogP contribution in [0.4, 0.5) is 0 Å². The molecule has 0 saturated heterocycles. The molecule has 106 valence electrons. The van der Waals surface area contributed by atoms with Gasteiger partial charge in [-0.1, -0.05) is 42.1 Å². The summed E-state index contributed by atoms with van der Waals surface area (Å²) in [5, 5.41) is 0.230. The van der Waals surface area contributed by atoms with Gasteiger partial charge in [0.15, 0.2) is 0 Å². The minimum atomic E-state index is -3.75. The number of benzene rings is 1. The summed E-state index contributed by atoms with van der Waals surface area (Å²) < 4.78 is 27.3. The van der Waals surface area contributed by atoms with Crippen molar-refractivity contribution in [3.8, 4) is 0 Å². The van der Waals surface area contributed by atoms with E-state index >= 15 is 0 Å². The summed E-state index contributed by atoms with van der Waals surface area (Å²) in [4.78, 5) is -0.0730. The molecule has 0 spiro atoms. The Bertz CT molecular complexity index is 543. The van der Waals surface area contributed by atoms with E-state index in [9.17, 15) is 8.42 Å². The highest BCUT2D eigenvalue weighted by atomic mass is 35.5. The Kier molecular flexibility index (Phi) is 4.74. The van der Waals surface area contributed by atoms with E-state index in [-0.39, 0.29) is 27.0 Å². The summed E-state index contributed by atoms with van der Waals surface area (Å²) in [6.07, 6.45) is 3.56. The maximum Gasteiger partial charge on any atom is 0.243 e. The fraction of sp³-hybridized carbons (Fsp3) is 0.500. The Morgan fingerprint density at radius 3 is 2.32 bits per heavy atom. The lowest BCUT2D eigenvalue weighted by Crippen LogP contribution is -2.49. The van der Waals surface area contributed by atoms with Crippen LogP contribution in [0.5, 0.6) is 0 Å². The average Bonchev–Trinajstić information content (AvgIpc) is 2.31. The smallest absolute Gasteiger partial charge is 0.243 e. The molecule has 1 saturated carbocycles. The molecule has 0 aromatic heterocycles. The number of rotatable bonds is 3. The summed E-state index contributed by atoms with van der Waals surface area (Å²) in [7, 11) is -3.75. The van der Waals surface area contributed by atoms with Crippen LogP contribution in [0.2, 0.25) is 10.0 Å². The van der Waals surface area contributed by atoms with E-state index in [4.69, 9.17) is 28.9 Å². The highest BCUT2D eigenvalue weighted by molar-refractivity contribution is 7.89. The first-order valence-corrected chi connectivity index (χ1v) is 8.37. The molecule has 2 rings (SSSR count).